The van der Waals surface area contributed by atoms with Gasteiger partial charge in [-0.05, 0) is 43.5 Å². The number of amides is 2. The fourth-order valence-electron chi connectivity index (χ4n) is 3.15. The van der Waals surface area contributed by atoms with Crippen molar-refractivity contribution in [2.75, 3.05) is 18.4 Å². The number of hydrogen-bond acceptors (Lipinski definition) is 3. The molecule has 0 aliphatic carbocycles. The fraction of sp³-hybridized carbons (Fsp3) is 0.300. The third-order valence-corrected chi connectivity index (χ3v) is 4.67. The van der Waals surface area contributed by atoms with E-state index in [0.717, 1.165) is 5.56 Å². The van der Waals surface area contributed by atoms with Gasteiger partial charge in [0.2, 0.25) is 5.91 Å². The van der Waals surface area contributed by atoms with Gasteiger partial charge >= 0.3 is 0 Å². The Hall–Kier alpha value is -2.82. The van der Waals surface area contributed by atoms with Crippen molar-refractivity contribution in [3.8, 4) is 5.75 Å². The molecule has 0 radical (unpaired) electrons. The second-order valence-electron chi connectivity index (χ2n) is 6.39. The Labute approximate surface area is 147 Å². The van der Waals surface area contributed by atoms with Crippen molar-refractivity contribution in [1.29, 1.82) is 0 Å². The van der Waals surface area contributed by atoms with Gasteiger partial charge in [0.25, 0.3) is 5.91 Å². The number of benzene rings is 2. The monoisotopic (exact) mass is 338 g/mol. The first-order valence-corrected chi connectivity index (χ1v) is 8.50. The second kappa shape index (κ2) is 7.38. The zero-order valence-electron chi connectivity index (χ0n) is 14.2. The molecule has 2 N–H and O–H groups in total. The highest BCUT2D eigenvalue weighted by Gasteiger charge is 2.28. The highest BCUT2D eigenvalue weighted by molar-refractivity contribution is 5.96. The number of phenols is 1. The van der Waals surface area contributed by atoms with Gasteiger partial charge < -0.3 is 15.3 Å². The van der Waals surface area contributed by atoms with E-state index >= 15 is 0 Å². The molecule has 5 heteroatoms. The topological polar surface area (TPSA) is 69.6 Å². The van der Waals surface area contributed by atoms with E-state index in [1.54, 1.807) is 17.0 Å². The van der Waals surface area contributed by atoms with Crippen LogP contribution in [-0.4, -0.2) is 34.9 Å². The number of likely N-dealkylation sites (tertiary alicyclic amines) is 1. The van der Waals surface area contributed by atoms with Crippen LogP contribution < -0.4 is 5.32 Å². The maximum Gasteiger partial charge on any atom is 0.253 e. The minimum absolute atomic E-state index is 0.0102. The number of hydrogen-bond donors (Lipinski definition) is 2. The van der Waals surface area contributed by atoms with Gasteiger partial charge in [0, 0.05) is 24.6 Å². The maximum absolute atomic E-state index is 12.5. The van der Waals surface area contributed by atoms with Crippen molar-refractivity contribution in [3.63, 3.8) is 0 Å². The Bertz CT molecular complexity index is 746. The van der Waals surface area contributed by atoms with Crippen LogP contribution in [0.25, 0.3) is 0 Å². The van der Waals surface area contributed by atoms with Crippen molar-refractivity contribution >= 4 is 17.5 Å². The summed E-state index contributed by atoms with van der Waals surface area (Å²) in [6.07, 6.45) is 1.24. The van der Waals surface area contributed by atoms with E-state index in [-0.39, 0.29) is 23.5 Å². The predicted molar refractivity (Wildman–Crippen MR) is 96.5 cm³/mol. The average Bonchev–Trinajstić information content (AvgIpc) is 2.65. The SMILES string of the molecule is Cc1cccc(O)c1NC(=O)C1CCN(C(=O)c2ccccc2)CC1. The lowest BCUT2D eigenvalue weighted by molar-refractivity contribution is -0.121. The number of para-hydroxylation sites is 1. The van der Waals surface area contributed by atoms with Gasteiger partial charge in [-0.1, -0.05) is 30.3 Å². The summed E-state index contributed by atoms with van der Waals surface area (Å²) in [5.41, 5.74) is 1.97. The quantitative estimate of drug-likeness (QED) is 0.845. The number of carbonyl (C=O) groups is 2. The standard InChI is InChI=1S/C20H22N2O3/c1-14-6-5-9-17(23)18(14)21-19(24)15-10-12-22(13-11-15)20(25)16-7-3-2-4-8-16/h2-9,15,23H,10-13H2,1H3,(H,21,24). The van der Waals surface area contributed by atoms with Crippen molar-refractivity contribution in [1.82, 2.24) is 4.90 Å². The average molecular weight is 338 g/mol. The van der Waals surface area contributed by atoms with Crippen molar-refractivity contribution in [2.45, 2.75) is 19.8 Å². The largest absolute Gasteiger partial charge is 0.506 e. The van der Waals surface area contributed by atoms with Crippen LogP contribution in [0.15, 0.2) is 48.5 Å². The number of nitrogens with zero attached hydrogens (tertiary/aromatic N) is 1. The van der Waals surface area contributed by atoms with E-state index in [0.29, 0.717) is 37.2 Å². The predicted octanol–water partition coefficient (Wildman–Crippen LogP) is 3.19. The minimum atomic E-state index is -0.154. The number of aromatic hydroxyl groups is 1. The van der Waals surface area contributed by atoms with Crippen LogP contribution in [0.5, 0.6) is 5.75 Å². The van der Waals surface area contributed by atoms with E-state index in [1.165, 1.54) is 0 Å². The molecule has 0 spiro atoms. The van der Waals surface area contributed by atoms with E-state index in [9.17, 15) is 14.7 Å². The lowest BCUT2D eigenvalue weighted by atomic mass is 9.95. The summed E-state index contributed by atoms with van der Waals surface area (Å²) in [7, 11) is 0. The summed E-state index contributed by atoms with van der Waals surface area (Å²) in [6.45, 7) is 2.97. The lowest BCUT2D eigenvalue weighted by Crippen LogP contribution is -2.41. The van der Waals surface area contributed by atoms with Gasteiger partial charge in [0.1, 0.15) is 5.75 Å². The summed E-state index contributed by atoms with van der Waals surface area (Å²) in [6, 6.07) is 14.3. The van der Waals surface area contributed by atoms with Crippen LogP contribution in [0.1, 0.15) is 28.8 Å². The number of nitrogens with one attached hydrogen (secondary N) is 1. The molecular weight excluding hydrogens is 316 g/mol. The molecule has 130 valence electrons. The van der Waals surface area contributed by atoms with Crippen LogP contribution in [0.2, 0.25) is 0 Å². The third-order valence-electron chi connectivity index (χ3n) is 4.67. The molecule has 2 aromatic rings. The van der Waals surface area contributed by atoms with Crippen LogP contribution in [0, 0.1) is 12.8 Å². The van der Waals surface area contributed by atoms with Gasteiger partial charge in [0.05, 0.1) is 5.69 Å². The molecule has 0 unspecified atom stereocenters. The van der Waals surface area contributed by atoms with Gasteiger partial charge in [-0.15, -0.1) is 0 Å². The number of rotatable bonds is 3. The van der Waals surface area contributed by atoms with Crippen molar-refractivity contribution in [2.24, 2.45) is 5.92 Å². The highest BCUT2D eigenvalue weighted by atomic mass is 16.3. The van der Waals surface area contributed by atoms with E-state index in [1.807, 2.05) is 43.3 Å². The lowest BCUT2D eigenvalue weighted by Gasteiger charge is -2.31. The Balaban J connectivity index is 1.59. The molecule has 5 nitrogen and oxygen atoms in total. The van der Waals surface area contributed by atoms with Crippen LogP contribution in [-0.2, 0) is 4.79 Å². The van der Waals surface area contributed by atoms with Gasteiger partial charge in [0.15, 0.2) is 0 Å². The number of anilines is 1. The number of phenolic OH excluding ortho intramolecular Hbond substituents is 1. The third kappa shape index (κ3) is 3.82. The van der Waals surface area contributed by atoms with Crippen molar-refractivity contribution < 1.29 is 14.7 Å². The minimum Gasteiger partial charge on any atom is -0.506 e. The Morgan fingerprint density at radius 1 is 1.04 bits per heavy atom. The van der Waals surface area contributed by atoms with Gasteiger partial charge in [-0.25, -0.2) is 0 Å². The summed E-state index contributed by atoms with van der Waals surface area (Å²) >= 11 is 0. The Morgan fingerprint density at radius 3 is 2.36 bits per heavy atom. The molecule has 0 bridgehead atoms. The fourth-order valence-corrected chi connectivity index (χ4v) is 3.15. The van der Waals surface area contributed by atoms with Crippen LogP contribution in [0.4, 0.5) is 5.69 Å². The molecule has 25 heavy (non-hydrogen) atoms. The van der Waals surface area contributed by atoms with Crippen LogP contribution in [0.3, 0.4) is 0 Å². The zero-order valence-corrected chi connectivity index (χ0v) is 14.2. The second-order valence-corrected chi connectivity index (χ2v) is 6.39. The maximum atomic E-state index is 12.5. The first-order chi connectivity index (χ1) is 12.1. The molecular formula is C20H22N2O3. The van der Waals surface area contributed by atoms with Crippen LogP contribution >= 0.6 is 0 Å². The van der Waals surface area contributed by atoms with Gasteiger partial charge in [-0.3, -0.25) is 9.59 Å². The normalized spacial score (nSPS) is 15.0. The Kier molecular flexibility index (Phi) is 5.03. The molecule has 1 heterocycles. The number of aryl methyl sites for hydroxylation is 1. The van der Waals surface area contributed by atoms with E-state index in [2.05, 4.69) is 5.32 Å². The molecule has 3 rings (SSSR count). The van der Waals surface area contributed by atoms with Gasteiger partial charge in [-0.2, -0.15) is 0 Å². The molecule has 1 aliphatic heterocycles. The summed E-state index contributed by atoms with van der Waals surface area (Å²) in [4.78, 5) is 26.7. The summed E-state index contributed by atoms with van der Waals surface area (Å²) in [5.74, 6) is -0.170. The molecule has 0 atom stereocenters. The summed E-state index contributed by atoms with van der Waals surface area (Å²) < 4.78 is 0. The highest BCUT2D eigenvalue weighted by Crippen LogP contribution is 2.28. The number of carbonyl (C=O) groups excluding carboxylic acids is 2. The molecule has 1 fully saturated rings. The summed E-state index contributed by atoms with van der Waals surface area (Å²) in [5, 5.41) is 12.7. The molecule has 2 amide bonds. The molecule has 2 aromatic carbocycles. The number of piperidine rings is 1. The van der Waals surface area contributed by atoms with E-state index in [4.69, 9.17) is 0 Å². The first kappa shape index (κ1) is 17.0. The first-order valence-electron chi connectivity index (χ1n) is 8.50. The molecule has 1 saturated heterocycles. The Morgan fingerprint density at radius 2 is 1.72 bits per heavy atom. The molecule has 0 saturated carbocycles. The molecule has 1 aliphatic rings. The zero-order chi connectivity index (χ0) is 17.8. The van der Waals surface area contributed by atoms with Crippen molar-refractivity contribution in [3.05, 3.63) is 59.7 Å². The smallest absolute Gasteiger partial charge is 0.253 e. The molecule has 0 aromatic heterocycles. The van der Waals surface area contributed by atoms with E-state index < -0.39 is 0 Å².